The molecular weight excluding hydrogens is 259 g/mol. The summed E-state index contributed by atoms with van der Waals surface area (Å²) in [4.78, 5) is 13.9. The molecule has 0 amide bonds. The van der Waals surface area contributed by atoms with Crippen molar-refractivity contribution >= 4 is 11.7 Å². The van der Waals surface area contributed by atoms with Crippen LogP contribution in [0.4, 0.5) is 10.1 Å². The van der Waals surface area contributed by atoms with Crippen molar-refractivity contribution in [2.45, 2.75) is 32.4 Å². The van der Waals surface area contributed by atoms with Crippen LogP contribution in [0.25, 0.3) is 0 Å². The molecule has 0 fully saturated rings. The van der Waals surface area contributed by atoms with E-state index in [1.807, 2.05) is 24.8 Å². The predicted octanol–water partition coefficient (Wildman–Crippen LogP) is 1.73. The molecule has 1 aliphatic heterocycles. The van der Waals surface area contributed by atoms with Gasteiger partial charge in [-0.1, -0.05) is 19.9 Å². The van der Waals surface area contributed by atoms with E-state index in [0.29, 0.717) is 6.54 Å². The standard InChI is InChI=1S/C15H21FN2O2/c1-10(2)17-13(15(19)20-3)9-18-7-6-11-4-5-12(16)8-14(11)18/h4-5,8,10,13,17H,6-7,9H2,1-3H3. The second kappa shape index (κ2) is 6.22. The van der Waals surface area contributed by atoms with Crippen LogP contribution in [-0.2, 0) is 16.0 Å². The Bertz CT molecular complexity index is 491. The first kappa shape index (κ1) is 14.8. The average Bonchev–Trinajstić information content (AvgIpc) is 2.79. The van der Waals surface area contributed by atoms with Crippen LogP contribution in [0.15, 0.2) is 18.2 Å². The number of anilines is 1. The summed E-state index contributed by atoms with van der Waals surface area (Å²) >= 11 is 0. The summed E-state index contributed by atoms with van der Waals surface area (Å²) in [7, 11) is 1.38. The summed E-state index contributed by atoms with van der Waals surface area (Å²) in [5.74, 6) is -0.536. The number of halogens is 1. The summed E-state index contributed by atoms with van der Waals surface area (Å²) in [6.07, 6.45) is 0.880. The fourth-order valence-electron chi connectivity index (χ4n) is 2.57. The molecule has 1 aliphatic rings. The summed E-state index contributed by atoms with van der Waals surface area (Å²) < 4.78 is 18.2. The molecule has 1 N–H and O–H groups in total. The first-order valence-electron chi connectivity index (χ1n) is 6.88. The first-order chi connectivity index (χ1) is 9.51. The van der Waals surface area contributed by atoms with Gasteiger partial charge in [-0.3, -0.25) is 4.79 Å². The van der Waals surface area contributed by atoms with E-state index in [0.717, 1.165) is 24.2 Å². The van der Waals surface area contributed by atoms with Gasteiger partial charge in [0.1, 0.15) is 11.9 Å². The lowest BCUT2D eigenvalue weighted by molar-refractivity contribution is -0.143. The number of fused-ring (bicyclic) bond motifs is 1. The van der Waals surface area contributed by atoms with Gasteiger partial charge < -0.3 is 15.0 Å². The van der Waals surface area contributed by atoms with E-state index in [2.05, 4.69) is 5.32 Å². The van der Waals surface area contributed by atoms with E-state index in [1.54, 1.807) is 0 Å². The number of rotatable bonds is 5. The van der Waals surface area contributed by atoms with E-state index in [4.69, 9.17) is 4.74 Å². The predicted molar refractivity (Wildman–Crippen MR) is 76.4 cm³/mol. The van der Waals surface area contributed by atoms with E-state index in [1.165, 1.54) is 19.2 Å². The highest BCUT2D eigenvalue weighted by Gasteiger charge is 2.27. The number of hydrogen-bond acceptors (Lipinski definition) is 4. The molecule has 2 rings (SSSR count). The smallest absolute Gasteiger partial charge is 0.324 e. The Morgan fingerprint density at radius 1 is 1.50 bits per heavy atom. The van der Waals surface area contributed by atoms with Gasteiger partial charge in [-0.15, -0.1) is 0 Å². The van der Waals surface area contributed by atoms with E-state index in [9.17, 15) is 9.18 Å². The third-order valence-corrected chi connectivity index (χ3v) is 3.46. The zero-order valence-corrected chi connectivity index (χ0v) is 12.1. The molecule has 1 unspecified atom stereocenters. The van der Waals surface area contributed by atoms with E-state index < -0.39 is 6.04 Å². The normalized spacial score (nSPS) is 15.3. The van der Waals surface area contributed by atoms with Crippen molar-refractivity contribution in [1.82, 2.24) is 5.32 Å². The van der Waals surface area contributed by atoms with Crippen molar-refractivity contribution in [2.24, 2.45) is 0 Å². The van der Waals surface area contributed by atoms with Crippen molar-refractivity contribution in [3.63, 3.8) is 0 Å². The van der Waals surface area contributed by atoms with Gasteiger partial charge in [0.15, 0.2) is 0 Å². The van der Waals surface area contributed by atoms with Crippen LogP contribution >= 0.6 is 0 Å². The number of esters is 1. The van der Waals surface area contributed by atoms with Crippen LogP contribution in [0.3, 0.4) is 0 Å². The fraction of sp³-hybridized carbons (Fsp3) is 0.533. The van der Waals surface area contributed by atoms with Crippen LogP contribution in [0.2, 0.25) is 0 Å². The SMILES string of the molecule is COC(=O)C(CN1CCc2ccc(F)cc21)NC(C)C. The zero-order chi connectivity index (χ0) is 14.7. The van der Waals surface area contributed by atoms with Gasteiger partial charge in [-0.2, -0.15) is 0 Å². The molecule has 4 nitrogen and oxygen atoms in total. The Morgan fingerprint density at radius 3 is 2.90 bits per heavy atom. The van der Waals surface area contributed by atoms with Gasteiger partial charge in [0, 0.05) is 24.8 Å². The molecule has 0 aliphatic carbocycles. The zero-order valence-electron chi connectivity index (χ0n) is 12.1. The van der Waals surface area contributed by atoms with Gasteiger partial charge in [0.2, 0.25) is 0 Å². The van der Waals surface area contributed by atoms with Crippen molar-refractivity contribution < 1.29 is 13.9 Å². The molecule has 1 heterocycles. The molecule has 0 radical (unpaired) electrons. The maximum Gasteiger partial charge on any atom is 0.324 e. The van der Waals surface area contributed by atoms with Crippen molar-refractivity contribution in [1.29, 1.82) is 0 Å². The van der Waals surface area contributed by atoms with Crippen molar-refractivity contribution in [3.8, 4) is 0 Å². The molecule has 0 spiro atoms. The average molecular weight is 280 g/mol. The molecule has 0 aromatic heterocycles. The van der Waals surface area contributed by atoms with E-state index in [-0.39, 0.29) is 17.8 Å². The number of carbonyl (C=O) groups excluding carboxylic acids is 1. The number of methoxy groups -OCH3 is 1. The van der Waals surface area contributed by atoms with Crippen LogP contribution in [0.1, 0.15) is 19.4 Å². The summed E-state index contributed by atoms with van der Waals surface area (Å²) in [5.41, 5.74) is 2.00. The minimum Gasteiger partial charge on any atom is -0.468 e. The number of hydrogen-bond donors (Lipinski definition) is 1. The summed E-state index contributed by atoms with van der Waals surface area (Å²) in [6, 6.07) is 4.59. The minimum atomic E-state index is -0.408. The Hall–Kier alpha value is -1.62. The monoisotopic (exact) mass is 280 g/mol. The third-order valence-electron chi connectivity index (χ3n) is 3.46. The Labute approximate surface area is 118 Å². The number of ether oxygens (including phenoxy) is 1. The van der Waals surface area contributed by atoms with Crippen LogP contribution in [-0.4, -0.2) is 38.3 Å². The lowest BCUT2D eigenvalue weighted by Crippen LogP contribution is -2.49. The van der Waals surface area contributed by atoms with Gasteiger partial charge in [-0.05, 0) is 24.1 Å². The highest BCUT2D eigenvalue weighted by molar-refractivity contribution is 5.77. The van der Waals surface area contributed by atoms with Gasteiger partial charge >= 0.3 is 5.97 Å². The second-order valence-electron chi connectivity index (χ2n) is 5.37. The maximum atomic E-state index is 13.4. The number of carbonyl (C=O) groups is 1. The lowest BCUT2D eigenvalue weighted by atomic mass is 10.1. The van der Waals surface area contributed by atoms with Crippen LogP contribution < -0.4 is 10.2 Å². The lowest BCUT2D eigenvalue weighted by Gasteiger charge is -2.26. The Morgan fingerprint density at radius 2 is 2.25 bits per heavy atom. The van der Waals surface area contributed by atoms with Crippen LogP contribution in [0.5, 0.6) is 0 Å². The molecular formula is C15H21FN2O2. The summed E-state index contributed by atoms with van der Waals surface area (Å²) in [5, 5.41) is 3.19. The number of benzene rings is 1. The molecule has 5 heteroatoms. The van der Waals surface area contributed by atoms with Crippen LogP contribution in [0, 0.1) is 5.82 Å². The molecule has 0 bridgehead atoms. The van der Waals surface area contributed by atoms with Gasteiger partial charge in [0.25, 0.3) is 0 Å². The third kappa shape index (κ3) is 3.28. The highest BCUT2D eigenvalue weighted by Crippen LogP contribution is 2.28. The van der Waals surface area contributed by atoms with Crippen molar-refractivity contribution in [3.05, 3.63) is 29.6 Å². The molecule has 0 saturated carbocycles. The molecule has 20 heavy (non-hydrogen) atoms. The second-order valence-corrected chi connectivity index (χ2v) is 5.37. The molecule has 1 aromatic carbocycles. The minimum absolute atomic E-state index is 0.175. The number of nitrogens with one attached hydrogen (secondary N) is 1. The topological polar surface area (TPSA) is 41.6 Å². The van der Waals surface area contributed by atoms with Gasteiger partial charge in [-0.25, -0.2) is 4.39 Å². The largest absolute Gasteiger partial charge is 0.468 e. The summed E-state index contributed by atoms with van der Waals surface area (Å²) in [6.45, 7) is 5.24. The Balaban J connectivity index is 2.13. The first-order valence-corrected chi connectivity index (χ1v) is 6.88. The van der Waals surface area contributed by atoms with E-state index >= 15 is 0 Å². The van der Waals surface area contributed by atoms with Gasteiger partial charge in [0.05, 0.1) is 7.11 Å². The van der Waals surface area contributed by atoms with Crippen molar-refractivity contribution in [2.75, 3.05) is 25.1 Å². The molecule has 1 atom stereocenters. The molecule has 0 saturated heterocycles. The Kier molecular flexibility index (Phi) is 4.60. The molecule has 1 aromatic rings. The quantitative estimate of drug-likeness (QED) is 0.834. The highest BCUT2D eigenvalue weighted by atomic mass is 19.1. The molecule has 110 valence electrons. The fourth-order valence-corrected chi connectivity index (χ4v) is 2.57. The number of nitrogens with zero attached hydrogens (tertiary/aromatic N) is 1. The maximum absolute atomic E-state index is 13.4.